The number of rotatable bonds is 1. The van der Waals surface area contributed by atoms with Gasteiger partial charge in [-0.15, -0.1) is 11.3 Å². The van der Waals surface area contributed by atoms with Crippen LogP contribution in [0.1, 0.15) is 29.6 Å². The molecule has 2 unspecified atom stereocenters. The minimum atomic E-state index is -0.222. The Bertz CT molecular complexity index is 287. The standard InChI is InChI=1S/C9H13NO2S/c1-6-10-8(5-13-6)9-4-7(11)2-3-12-9/h5,7,9,11H,2-4H2,1H3. The number of aliphatic hydroxyl groups is 1. The predicted octanol–water partition coefficient (Wildman–Crippen LogP) is 1.66. The summed E-state index contributed by atoms with van der Waals surface area (Å²) in [7, 11) is 0. The van der Waals surface area contributed by atoms with Gasteiger partial charge in [0.1, 0.15) is 6.10 Å². The van der Waals surface area contributed by atoms with Gasteiger partial charge in [0.05, 0.1) is 16.8 Å². The van der Waals surface area contributed by atoms with Crippen LogP contribution in [0.3, 0.4) is 0 Å². The highest BCUT2D eigenvalue weighted by atomic mass is 32.1. The lowest BCUT2D eigenvalue weighted by molar-refractivity contribution is -0.0464. The molecule has 1 aromatic rings. The lowest BCUT2D eigenvalue weighted by atomic mass is 10.0. The Labute approximate surface area is 81.4 Å². The fourth-order valence-corrected chi connectivity index (χ4v) is 2.17. The largest absolute Gasteiger partial charge is 0.393 e. The molecule has 0 aromatic carbocycles. The van der Waals surface area contributed by atoms with E-state index in [0.717, 1.165) is 17.1 Å². The Morgan fingerprint density at radius 3 is 3.15 bits per heavy atom. The molecule has 1 aromatic heterocycles. The first kappa shape index (κ1) is 9.12. The molecule has 3 nitrogen and oxygen atoms in total. The van der Waals surface area contributed by atoms with Crippen molar-refractivity contribution in [3.8, 4) is 0 Å². The van der Waals surface area contributed by atoms with Crippen LogP contribution in [0.5, 0.6) is 0 Å². The number of ether oxygens (including phenoxy) is 1. The van der Waals surface area contributed by atoms with Crippen molar-refractivity contribution in [2.24, 2.45) is 0 Å². The van der Waals surface area contributed by atoms with Crippen molar-refractivity contribution in [3.05, 3.63) is 16.1 Å². The molecule has 1 aliphatic rings. The molecule has 0 bridgehead atoms. The van der Waals surface area contributed by atoms with E-state index in [1.807, 2.05) is 12.3 Å². The molecular weight excluding hydrogens is 186 g/mol. The van der Waals surface area contributed by atoms with E-state index in [1.54, 1.807) is 11.3 Å². The van der Waals surface area contributed by atoms with Crippen LogP contribution < -0.4 is 0 Å². The number of aryl methyl sites for hydroxylation is 1. The fraction of sp³-hybridized carbons (Fsp3) is 0.667. The van der Waals surface area contributed by atoms with Crippen molar-refractivity contribution >= 4 is 11.3 Å². The van der Waals surface area contributed by atoms with Crippen LogP contribution in [-0.2, 0) is 4.74 Å². The minimum absolute atomic E-state index is 0.00806. The second-order valence-corrected chi connectivity index (χ2v) is 4.39. The van der Waals surface area contributed by atoms with Crippen LogP contribution in [0.25, 0.3) is 0 Å². The molecule has 0 amide bonds. The molecule has 2 heterocycles. The van der Waals surface area contributed by atoms with Gasteiger partial charge in [-0.25, -0.2) is 4.98 Å². The average molecular weight is 199 g/mol. The Hall–Kier alpha value is -0.450. The van der Waals surface area contributed by atoms with Crippen LogP contribution in [0.4, 0.5) is 0 Å². The molecule has 1 saturated heterocycles. The van der Waals surface area contributed by atoms with Crippen molar-refractivity contribution in [2.45, 2.75) is 32.0 Å². The quantitative estimate of drug-likeness (QED) is 0.748. The summed E-state index contributed by atoms with van der Waals surface area (Å²) >= 11 is 1.63. The first-order chi connectivity index (χ1) is 6.25. The summed E-state index contributed by atoms with van der Waals surface area (Å²) in [6, 6.07) is 0. The number of nitrogens with zero attached hydrogens (tertiary/aromatic N) is 1. The number of thiazole rings is 1. The van der Waals surface area contributed by atoms with Gasteiger partial charge >= 0.3 is 0 Å². The fourth-order valence-electron chi connectivity index (χ4n) is 1.51. The zero-order valence-corrected chi connectivity index (χ0v) is 8.38. The molecule has 1 N–H and O–H groups in total. The molecule has 4 heteroatoms. The maximum atomic E-state index is 9.44. The number of hydrogen-bond donors (Lipinski definition) is 1. The molecule has 2 atom stereocenters. The van der Waals surface area contributed by atoms with E-state index in [0.29, 0.717) is 13.0 Å². The van der Waals surface area contributed by atoms with Crippen LogP contribution in [0, 0.1) is 6.92 Å². The summed E-state index contributed by atoms with van der Waals surface area (Å²) in [5.41, 5.74) is 0.973. The molecule has 0 spiro atoms. The SMILES string of the molecule is Cc1nc(C2CC(O)CCO2)cs1. The van der Waals surface area contributed by atoms with Gasteiger partial charge in [-0.1, -0.05) is 0 Å². The maximum absolute atomic E-state index is 9.44. The minimum Gasteiger partial charge on any atom is -0.393 e. The molecule has 72 valence electrons. The summed E-state index contributed by atoms with van der Waals surface area (Å²) in [5, 5.41) is 12.5. The van der Waals surface area contributed by atoms with Gasteiger partial charge in [-0.3, -0.25) is 0 Å². The number of hydrogen-bond acceptors (Lipinski definition) is 4. The van der Waals surface area contributed by atoms with Crippen molar-refractivity contribution in [1.82, 2.24) is 4.98 Å². The van der Waals surface area contributed by atoms with E-state index >= 15 is 0 Å². The third-order valence-electron chi connectivity index (χ3n) is 2.22. The summed E-state index contributed by atoms with van der Waals surface area (Å²) in [5.74, 6) is 0. The van der Waals surface area contributed by atoms with Gasteiger partial charge in [0.15, 0.2) is 0 Å². The van der Waals surface area contributed by atoms with Crippen LogP contribution in [-0.4, -0.2) is 22.8 Å². The molecule has 1 aliphatic heterocycles. The molecule has 2 rings (SSSR count). The van der Waals surface area contributed by atoms with E-state index in [2.05, 4.69) is 4.98 Å². The Morgan fingerprint density at radius 1 is 1.69 bits per heavy atom. The van der Waals surface area contributed by atoms with Gasteiger partial charge in [0, 0.05) is 18.4 Å². The summed E-state index contributed by atoms with van der Waals surface area (Å²) in [6.07, 6.45) is 1.22. The zero-order chi connectivity index (χ0) is 9.26. The zero-order valence-electron chi connectivity index (χ0n) is 7.56. The predicted molar refractivity (Wildman–Crippen MR) is 50.8 cm³/mol. The third-order valence-corrected chi connectivity index (χ3v) is 3.01. The number of aromatic nitrogens is 1. The van der Waals surface area contributed by atoms with Crippen LogP contribution >= 0.6 is 11.3 Å². The van der Waals surface area contributed by atoms with Crippen LogP contribution in [0.2, 0.25) is 0 Å². The van der Waals surface area contributed by atoms with Gasteiger partial charge in [0.2, 0.25) is 0 Å². The third kappa shape index (κ3) is 2.07. The highest BCUT2D eigenvalue weighted by Crippen LogP contribution is 2.28. The molecule has 0 radical (unpaired) electrons. The highest BCUT2D eigenvalue weighted by Gasteiger charge is 2.23. The van der Waals surface area contributed by atoms with Crippen molar-refractivity contribution < 1.29 is 9.84 Å². The van der Waals surface area contributed by atoms with E-state index in [-0.39, 0.29) is 12.2 Å². The monoisotopic (exact) mass is 199 g/mol. The highest BCUT2D eigenvalue weighted by molar-refractivity contribution is 7.09. The lowest BCUT2D eigenvalue weighted by Gasteiger charge is -2.25. The smallest absolute Gasteiger partial charge is 0.103 e. The van der Waals surface area contributed by atoms with Crippen molar-refractivity contribution in [1.29, 1.82) is 0 Å². The number of aliphatic hydroxyl groups excluding tert-OH is 1. The average Bonchev–Trinajstić information content (AvgIpc) is 2.52. The first-order valence-electron chi connectivity index (χ1n) is 4.47. The van der Waals surface area contributed by atoms with E-state index in [1.165, 1.54) is 0 Å². The maximum Gasteiger partial charge on any atom is 0.103 e. The first-order valence-corrected chi connectivity index (χ1v) is 5.35. The van der Waals surface area contributed by atoms with Crippen LogP contribution in [0.15, 0.2) is 5.38 Å². The van der Waals surface area contributed by atoms with E-state index in [9.17, 15) is 5.11 Å². The molecule has 0 aliphatic carbocycles. The molecule has 0 saturated carbocycles. The van der Waals surface area contributed by atoms with Gasteiger partial charge < -0.3 is 9.84 Å². The van der Waals surface area contributed by atoms with E-state index < -0.39 is 0 Å². The normalized spacial score (nSPS) is 29.1. The summed E-state index contributed by atoms with van der Waals surface area (Å²) in [6.45, 7) is 2.62. The van der Waals surface area contributed by atoms with Crippen molar-refractivity contribution in [2.75, 3.05) is 6.61 Å². The van der Waals surface area contributed by atoms with Gasteiger partial charge in [-0.05, 0) is 13.3 Å². The van der Waals surface area contributed by atoms with E-state index in [4.69, 9.17) is 4.74 Å². The second-order valence-electron chi connectivity index (χ2n) is 3.33. The Balaban J connectivity index is 2.08. The lowest BCUT2D eigenvalue weighted by Crippen LogP contribution is -2.23. The van der Waals surface area contributed by atoms with Gasteiger partial charge in [-0.2, -0.15) is 0 Å². The van der Waals surface area contributed by atoms with Crippen molar-refractivity contribution in [3.63, 3.8) is 0 Å². The molecule has 13 heavy (non-hydrogen) atoms. The Kier molecular flexibility index (Phi) is 2.62. The topological polar surface area (TPSA) is 42.4 Å². The Morgan fingerprint density at radius 2 is 2.54 bits per heavy atom. The summed E-state index contributed by atoms with van der Waals surface area (Å²) in [4.78, 5) is 4.35. The van der Waals surface area contributed by atoms with Gasteiger partial charge in [0.25, 0.3) is 0 Å². The molecule has 1 fully saturated rings. The molecular formula is C9H13NO2S. The second kappa shape index (κ2) is 3.74. The summed E-state index contributed by atoms with van der Waals surface area (Å²) < 4.78 is 5.53.